The average molecular weight is 219 g/mol. The second-order valence-corrected chi connectivity index (χ2v) is 4.87. The van der Waals surface area contributed by atoms with Gasteiger partial charge in [0.05, 0.1) is 0 Å². The molecule has 2 atom stereocenters. The Morgan fingerprint density at radius 3 is 3.00 bits per heavy atom. The molecule has 3 rings (SSSR count). The van der Waals surface area contributed by atoms with Crippen molar-refractivity contribution >= 4 is 5.82 Å². The second kappa shape index (κ2) is 3.61. The first-order valence-corrected chi connectivity index (χ1v) is 6.13. The first kappa shape index (κ1) is 9.87. The van der Waals surface area contributed by atoms with Gasteiger partial charge in [0.2, 0.25) is 0 Å². The van der Waals surface area contributed by atoms with E-state index in [0.717, 1.165) is 18.8 Å². The maximum absolute atomic E-state index is 12.0. The Bertz CT molecular complexity index is 450. The zero-order valence-electron chi connectivity index (χ0n) is 9.52. The monoisotopic (exact) mass is 219 g/mol. The summed E-state index contributed by atoms with van der Waals surface area (Å²) in [4.78, 5) is 16.2. The van der Waals surface area contributed by atoms with Crippen molar-refractivity contribution in [1.29, 1.82) is 0 Å². The Balaban J connectivity index is 1.79. The first-order chi connectivity index (χ1) is 7.79. The van der Waals surface area contributed by atoms with E-state index in [1.807, 2.05) is 4.57 Å². The summed E-state index contributed by atoms with van der Waals surface area (Å²) in [6.07, 6.45) is 8.15. The average Bonchev–Trinajstić information content (AvgIpc) is 3.13. The molecule has 86 valence electrons. The third kappa shape index (κ3) is 1.72. The molecule has 2 aliphatic carbocycles. The normalized spacial score (nSPS) is 27.8. The Hall–Kier alpha value is -1.32. The lowest BCUT2D eigenvalue weighted by molar-refractivity contribution is 0.697. The standard InChI is InChI=1S/C12H17N3O/c1-2-8-7-10(8)14-11-12(16)15(6-5-13-11)9-3-4-9/h5-6,8-10H,2-4,7H2,1H3,(H,13,14). The molecule has 0 saturated heterocycles. The van der Waals surface area contributed by atoms with Gasteiger partial charge in [-0.15, -0.1) is 0 Å². The summed E-state index contributed by atoms with van der Waals surface area (Å²) in [5, 5.41) is 3.26. The van der Waals surface area contributed by atoms with Gasteiger partial charge in [-0.25, -0.2) is 4.98 Å². The lowest BCUT2D eigenvalue weighted by atomic mass is 10.3. The van der Waals surface area contributed by atoms with E-state index < -0.39 is 0 Å². The molecule has 2 saturated carbocycles. The van der Waals surface area contributed by atoms with Crippen molar-refractivity contribution in [2.45, 2.75) is 44.7 Å². The molecule has 4 nitrogen and oxygen atoms in total. The zero-order chi connectivity index (χ0) is 11.1. The Labute approximate surface area is 94.7 Å². The van der Waals surface area contributed by atoms with Crippen LogP contribution in [0.4, 0.5) is 5.82 Å². The van der Waals surface area contributed by atoms with Crippen molar-refractivity contribution in [1.82, 2.24) is 9.55 Å². The van der Waals surface area contributed by atoms with E-state index in [0.29, 0.717) is 17.9 Å². The van der Waals surface area contributed by atoms with Crippen LogP contribution in [0.2, 0.25) is 0 Å². The highest BCUT2D eigenvalue weighted by Gasteiger charge is 2.36. The lowest BCUT2D eigenvalue weighted by Gasteiger charge is -2.07. The summed E-state index contributed by atoms with van der Waals surface area (Å²) in [6.45, 7) is 2.19. The van der Waals surface area contributed by atoms with Gasteiger partial charge in [-0.1, -0.05) is 13.3 Å². The van der Waals surface area contributed by atoms with Crippen LogP contribution in [-0.2, 0) is 0 Å². The maximum Gasteiger partial charge on any atom is 0.293 e. The molecule has 0 aromatic carbocycles. The Kier molecular flexibility index (Phi) is 2.23. The topological polar surface area (TPSA) is 46.9 Å². The van der Waals surface area contributed by atoms with Gasteiger partial charge in [0.1, 0.15) is 0 Å². The highest BCUT2D eigenvalue weighted by atomic mass is 16.1. The van der Waals surface area contributed by atoms with Crippen LogP contribution in [0, 0.1) is 5.92 Å². The second-order valence-electron chi connectivity index (χ2n) is 4.87. The molecule has 16 heavy (non-hydrogen) atoms. The van der Waals surface area contributed by atoms with Gasteiger partial charge in [0, 0.05) is 24.5 Å². The molecule has 0 radical (unpaired) electrons. The number of anilines is 1. The van der Waals surface area contributed by atoms with E-state index >= 15 is 0 Å². The minimum Gasteiger partial charge on any atom is -0.362 e. The molecule has 1 N–H and O–H groups in total. The predicted molar refractivity (Wildman–Crippen MR) is 62.6 cm³/mol. The van der Waals surface area contributed by atoms with E-state index in [2.05, 4.69) is 17.2 Å². The van der Waals surface area contributed by atoms with Crippen molar-refractivity contribution in [2.24, 2.45) is 5.92 Å². The molecular weight excluding hydrogens is 202 g/mol. The number of rotatable bonds is 4. The Morgan fingerprint density at radius 1 is 1.56 bits per heavy atom. The smallest absolute Gasteiger partial charge is 0.293 e. The van der Waals surface area contributed by atoms with E-state index in [1.54, 1.807) is 12.4 Å². The fourth-order valence-electron chi connectivity index (χ4n) is 2.22. The van der Waals surface area contributed by atoms with Crippen LogP contribution in [0.1, 0.15) is 38.6 Å². The van der Waals surface area contributed by atoms with Crippen molar-refractivity contribution < 1.29 is 0 Å². The molecule has 1 aromatic heterocycles. The summed E-state index contributed by atoms with van der Waals surface area (Å²) in [7, 11) is 0. The van der Waals surface area contributed by atoms with Gasteiger partial charge in [-0.2, -0.15) is 0 Å². The van der Waals surface area contributed by atoms with E-state index in [-0.39, 0.29) is 5.56 Å². The molecule has 0 bridgehead atoms. The van der Waals surface area contributed by atoms with Crippen molar-refractivity contribution in [3.8, 4) is 0 Å². The first-order valence-electron chi connectivity index (χ1n) is 6.13. The SMILES string of the molecule is CCC1CC1Nc1nccn(C2CC2)c1=O. The van der Waals surface area contributed by atoms with Crippen LogP contribution in [-0.4, -0.2) is 15.6 Å². The molecule has 2 aliphatic rings. The predicted octanol–water partition coefficient (Wildman–Crippen LogP) is 1.79. The minimum atomic E-state index is 0.0479. The van der Waals surface area contributed by atoms with Gasteiger partial charge < -0.3 is 9.88 Å². The number of nitrogens with zero attached hydrogens (tertiary/aromatic N) is 2. The molecular formula is C12H17N3O. The summed E-state index contributed by atoms with van der Waals surface area (Å²) in [5.74, 6) is 1.27. The van der Waals surface area contributed by atoms with Gasteiger partial charge in [0.25, 0.3) is 5.56 Å². The number of hydrogen-bond acceptors (Lipinski definition) is 3. The van der Waals surface area contributed by atoms with Gasteiger partial charge in [0.15, 0.2) is 5.82 Å². The Morgan fingerprint density at radius 2 is 2.38 bits per heavy atom. The fraction of sp³-hybridized carbons (Fsp3) is 0.667. The van der Waals surface area contributed by atoms with Crippen molar-refractivity contribution in [3.05, 3.63) is 22.7 Å². The summed E-state index contributed by atoms with van der Waals surface area (Å²) in [6, 6.07) is 0.900. The van der Waals surface area contributed by atoms with Gasteiger partial charge in [-0.05, 0) is 25.2 Å². The summed E-state index contributed by atoms with van der Waals surface area (Å²) < 4.78 is 1.82. The number of aromatic nitrogens is 2. The molecule has 1 aromatic rings. The highest BCUT2D eigenvalue weighted by molar-refractivity contribution is 5.35. The molecule has 1 heterocycles. The van der Waals surface area contributed by atoms with Crippen LogP contribution in [0.25, 0.3) is 0 Å². The fourth-order valence-corrected chi connectivity index (χ4v) is 2.22. The molecule has 0 amide bonds. The van der Waals surface area contributed by atoms with Crippen molar-refractivity contribution in [3.63, 3.8) is 0 Å². The van der Waals surface area contributed by atoms with Crippen molar-refractivity contribution in [2.75, 3.05) is 5.32 Å². The third-order valence-corrected chi connectivity index (χ3v) is 3.58. The largest absolute Gasteiger partial charge is 0.362 e. The van der Waals surface area contributed by atoms with Crippen LogP contribution in [0.5, 0.6) is 0 Å². The van der Waals surface area contributed by atoms with Gasteiger partial charge in [-0.3, -0.25) is 4.79 Å². The molecule has 0 spiro atoms. The van der Waals surface area contributed by atoms with Crippen LogP contribution in [0.15, 0.2) is 17.2 Å². The van der Waals surface area contributed by atoms with Crippen LogP contribution >= 0.6 is 0 Å². The summed E-state index contributed by atoms with van der Waals surface area (Å²) >= 11 is 0. The number of hydrogen-bond donors (Lipinski definition) is 1. The zero-order valence-corrected chi connectivity index (χ0v) is 9.52. The van der Waals surface area contributed by atoms with E-state index in [1.165, 1.54) is 12.8 Å². The molecule has 4 heteroatoms. The van der Waals surface area contributed by atoms with Gasteiger partial charge >= 0.3 is 0 Å². The molecule has 2 fully saturated rings. The third-order valence-electron chi connectivity index (χ3n) is 3.58. The molecule has 2 unspecified atom stereocenters. The quantitative estimate of drug-likeness (QED) is 0.839. The number of nitrogens with one attached hydrogen (secondary N) is 1. The lowest BCUT2D eigenvalue weighted by Crippen LogP contribution is -2.24. The van der Waals surface area contributed by atoms with E-state index in [4.69, 9.17) is 0 Å². The van der Waals surface area contributed by atoms with Crippen LogP contribution < -0.4 is 10.9 Å². The molecule has 0 aliphatic heterocycles. The minimum absolute atomic E-state index is 0.0479. The highest BCUT2D eigenvalue weighted by Crippen LogP contribution is 2.36. The maximum atomic E-state index is 12.0. The summed E-state index contributed by atoms with van der Waals surface area (Å²) in [5.41, 5.74) is 0.0479. The van der Waals surface area contributed by atoms with E-state index in [9.17, 15) is 4.79 Å². The van der Waals surface area contributed by atoms with Crippen LogP contribution in [0.3, 0.4) is 0 Å².